The van der Waals surface area contributed by atoms with E-state index < -0.39 is 51.3 Å². The van der Waals surface area contributed by atoms with Gasteiger partial charge in [0.2, 0.25) is 0 Å². The third-order valence-corrected chi connectivity index (χ3v) is 4.28. The van der Waals surface area contributed by atoms with Crippen LogP contribution in [0.4, 0.5) is 26.3 Å². The number of hydrogen-bond donors (Lipinski definition) is 1. The Labute approximate surface area is 161 Å². The minimum atomic E-state index is -6.45. The molecule has 1 aromatic rings. The fraction of sp³-hybridized carbons (Fsp3) is 0.429. The fourth-order valence-corrected chi connectivity index (χ4v) is 3.07. The molecule has 0 bridgehead atoms. The molecule has 7 nitrogen and oxygen atoms in total. The van der Waals surface area contributed by atoms with Crippen LogP contribution in [-0.2, 0) is 26.0 Å². The molecule has 1 rings (SSSR count). The maximum atomic E-state index is 13.2. The fourth-order valence-electron chi connectivity index (χ4n) is 2.17. The van der Waals surface area contributed by atoms with Gasteiger partial charge in [-0.15, -0.1) is 0 Å². The molecule has 0 heterocycles. The number of esters is 2. The number of hydrogen-bond acceptors (Lipinski definition) is 6. The van der Waals surface area contributed by atoms with E-state index in [1.54, 1.807) is 7.85 Å². The molecule has 0 aliphatic carbocycles. The van der Waals surface area contributed by atoms with Crippen molar-refractivity contribution >= 4 is 29.9 Å². The number of ether oxygens (including phenoxy) is 2. The molecule has 0 aliphatic rings. The first-order valence-corrected chi connectivity index (χ1v) is 9.17. The number of carbonyl (C=O) groups excluding carboxylic acids is 2. The molecule has 15 heteroatoms. The summed E-state index contributed by atoms with van der Waals surface area (Å²) >= 11 is 0. The number of halogens is 6. The largest absolute Gasteiger partial charge is 0.438 e. The van der Waals surface area contributed by atoms with E-state index in [1.165, 1.54) is 0 Å². The number of alkyl halides is 6. The summed E-state index contributed by atoms with van der Waals surface area (Å²) in [7, 11) is -4.31. The molecule has 162 valence electrons. The topological polar surface area (TPSA) is 107 Å². The summed E-state index contributed by atoms with van der Waals surface area (Å²) in [6.07, 6.45) is -12.7. The van der Waals surface area contributed by atoms with Crippen molar-refractivity contribution in [3.63, 3.8) is 0 Å². The van der Waals surface area contributed by atoms with Gasteiger partial charge in [0.05, 0.1) is 5.56 Å². The highest BCUT2D eigenvalue weighted by Crippen LogP contribution is 2.47. The molecule has 0 fully saturated rings. The molecular formula is C14H13BF6O7S. The molecule has 1 aromatic carbocycles. The Kier molecular flexibility index (Phi) is 7.02. The van der Waals surface area contributed by atoms with E-state index in [0.29, 0.717) is 11.6 Å². The third-order valence-electron chi connectivity index (χ3n) is 3.51. The van der Waals surface area contributed by atoms with Crippen LogP contribution < -0.4 is 4.74 Å². The molecule has 0 atom stereocenters. The van der Waals surface area contributed by atoms with Gasteiger partial charge in [0.1, 0.15) is 19.3 Å². The lowest BCUT2D eigenvalue weighted by atomic mass is 9.95. The minimum Gasteiger partial charge on any atom is -0.435 e. The summed E-state index contributed by atoms with van der Waals surface area (Å²) in [5.41, 5.74) is -6.12. The highest BCUT2D eigenvalue weighted by Gasteiger charge is 2.76. The van der Waals surface area contributed by atoms with Crippen molar-refractivity contribution in [2.24, 2.45) is 0 Å². The van der Waals surface area contributed by atoms with E-state index in [2.05, 4.69) is 4.74 Å². The van der Waals surface area contributed by atoms with E-state index >= 15 is 0 Å². The number of rotatable bonds is 6. The predicted molar refractivity (Wildman–Crippen MR) is 86.7 cm³/mol. The van der Waals surface area contributed by atoms with Crippen molar-refractivity contribution in [3.05, 3.63) is 29.3 Å². The minimum absolute atomic E-state index is 0.232. The zero-order chi connectivity index (χ0) is 22.8. The van der Waals surface area contributed by atoms with E-state index in [4.69, 9.17) is 9.29 Å². The lowest BCUT2D eigenvalue weighted by Gasteiger charge is -2.35. The third kappa shape index (κ3) is 5.85. The van der Waals surface area contributed by atoms with Gasteiger partial charge in [0.15, 0.2) is 0 Å². The van der Waals surface area contributed by atoms with Crippen molar-refractivity contribution in [1.82, 2.24) is 0 Å². The van der Waals surface area contributed by atoms with Crippen molar-refractivity contribution in [3.8, 4) is 5.75 Å². The van der Waals surface area contributed by atoms with E-state index in [-0.39, 0.29) is 12.1 Å². The van der Waals surface area contributed by atoms with Crippen LogP contribution in [0.5, 0.6) is 5.75 Å². The second-order valence-electron chi connectivity index (χ2n) is 5.71. The Morgan fingerprint density at radius 1 is 1.10 bits per heavy atom. The van der Waals surface area contributed by atoms with Crippen LogP contribution in [-0.4, -0.2) is 56.5 Å². The smallest absolute Gasteiger partial charge is 0.435 e. The van der Waals surface area contributed by atoms with E-state index in [1.807, 2.05) is 0 Å². The molecule has 0 unspecified atom stereocenters. The van der Waals surface area contributed by atoms with Crippen molar-refractivity contribution < 1.29 is 58.4 Å². The van der Waals surface area contributed by atoms with Crippen LogP contribution in [0, 0.1) is 0 Å². The first-order valence-electron chi connectivity index (χ1n) is 7.57. The molecule has 0 saturated carbocycles. The van der Waals surface area contributed by atoms with E-state index in [9.17, 15) is 44.3 Å². The van der Waals surface area contributed by atoms with Gasteiger partial charge < -0.3 is 9.47 Å². The first kappa shape index (κ1) is 24.8. The molecule has 29 heavy (non-hydrogen) atoms. The van der Waals surface area contributed by atoms with Crippen molar-refractivity contribution in [2.45, 2.75) is 31.2 Å². The van der Waals surface area contributed by atoms with Crippen LogP contribution in [0.15, 0.2) is 18.2 Å². The lowest BCUT2D eigenvalue weighted by Crippen LogP contribution is -2.63. The van der Waals surface area contributed by atoms with Crippen LogP contribution >= 0.6 is 0 Å². The Bertz CT molecular complexity index is 881. The second-order valence-corrected chi connectivity index (χ2v) is 7.16. The monoisotopic (exact) mass is 450 g/mol. The summed E-state index contributed by atoms with van der Waals surface area (Å²) in [6, 6.07) is 2.58. The van der Waals surface area contributed by atoms with Gasteiger partial charge in [-0.25, -0.2) is 4.79 Å². The molecular weight excluding hydrogens is 437 g/mol. The van der Waals surface area contributed by atoms with Gasteiger partial charge in [0.25, 0.3) is 10.1 Å². The summed E-state index contributed by atoms with van der Waals surface area (Å²) in [5.74, 6) is -6.40. The van der Waals surface area contributed by atoms with Crippen LogP contribution in [0.3, 0.4) is 0 Å². The van der Waals surface area contributed by atoms with Gasteiger partial charge in [0, 0.05) is 6.92 Å². The number of benzene rings is 1. The molecule has 0 aromatic heterocycles. The summed E-state index contributed by atoms with van der Waals surface area (Å²) in [4.78, 5) is 23.1. The molecule has 0 aliphatic heterocycles. The van der Waals surface area contributed by atoms with E-state index in [0.717, 1.165) is 19.1 Å². The average molecular weight is 450 g/mol. The Hall–Kier alpha value is -2.29. The Morgan fingerprint density at radius 2 is 1.62 bits per heavy atom. The summed E-state index contributed by atoms with van der Waals surface area (Å²) in [6.45, 7) is 0.967. The van der Waals surface area contributed by atoms with Crippen molar-refractivity contribution in [1.29, 1.82) is 0 Å². The predicted octanol–water partition coefficient (Wildman–Crippen LogP) is 1.65. The summed E-state index contributed by atoms with van der Waals surface area (Å²) in [5, 5.41) is 0. The van der Waals surface area contributed by atoms with Crippen molar-refractivity contribution in [2.75, 3.05) is 5.75 Å². The van der Waals surface area contributed by atoms with Gasteiger partial charge in [-0.1, -0.05) is 12.4 Å². The molecule has 0 radical (unpaired) electrons. The first-order chi connectivity index (χ1) is 12.9. The maximum absolute atomic E-state index is 13.2. The van der Waals surface area contributed by atoms with Crippen LogP contribution in [0.25, 0.3) is 0 Å². The molecule has 0 saturated heterocycles. The highest BCUT2D eigenvalue weighted by molar-refractivity contribution is 7.85. The Morgan fingerprint density at radius 3 is 2.00 bits per heavy atom. The molecule has 0 amide bonds. The maximum Gasteiger partial charge on any atom is 0.438 e. The Balaban J connectivity index is 3.51. The molecule has 0 spiro atoms. The second kappa shape index (κ2) is 8.22. The highest BCUT2D eigenvalue weighted by atomic mass is 32.2. The lowest BCUT2D eigenvalue weighted by molar-refractivity contribution is -0.356. The van der Waals surface area contributed by atoms with Gasteiger partial charge in [-0.05, 0) is 17.7 Å². The normalized spacial score (nSPS) is 13.1. The van der Waals surface area contributed by atoms with Crippen LogP contribution in [0.1, 0.15) is 22.8 Å². The zero-order valence-electron chi connectivity index (χ0n) is 14.7. The van der Waals surface area contributed by atoms with Gasteiger partial charge in [-0.3, -0.25) is 9.35 Å². The SMILES string of the molecule is BCc1ccc(C(=O)OC(CS(=O)(=O)O)(C(F)(F)F)C(F)(F)F)cc1OC(C)=O. The quantitative estimate of drug-likeness (QED) is 0.231. The zero-order valence-corrected chi connectivity index (χ0v) is 15.5. The average Bonchev–Trinajstić information content (AvgIpc) is 2.50. The van der Waals surface area contributed by atoms with Crippen LogP contribution in [0.2, 0.25) is 0 Å². The van der Waals surface area contributed by atoms with Gasteiger partial charge >= 0.3 is 29.9 Å². The standard InChI is InChI=1S/C14H13BF6O7S/c1-7(22)27-10-4-8(2-3-9(10)5-15)11(23)28-12(13(16,17)18,14(19,20)21)6-29(24,25)26/h2-4H,5-6,15H2,1H3,(H,24,25,26). The summed E-state index contributed by atoms with van der Waals surface area (Å²) < 4.78 is 118. The van der Waals surface area contributed by atoms with Gasteiger partial charge in [-0.2, -0.15) is 34.8 Å². The number of carbonyl (C=O) groups is 2. The molecule has 1 N–H and O–H groups in total.